The van der Waals surface area contributed by atoms with E-state index < -0.39 is 0 Å². The Balaban J connectivity index is 1.65. The Morgan fingerprint density at radius 2 is 1.94 bits per heavy atom. The second-order valence-corrected chi connectivity index (χ2v) is 6.31. The molecule has 0 aromatic rings. The maximum Gasteiger partial charge on any atom is 0.00694 e. The SMILES string of the molecule is CC(C)CC(C)N1CCC(CNC2CC2)C1. The van der Waals surface area contributed by atoms with E-state index in [-0.39, 0.29) is 0 Å². The third-order valence-corrected chi connectivity index (χ3v) is 4.03. The summed E-state index contributed by atoms with van der Waals surface area (Å²) in [5.74, 6) is 1.74. The zero-order valence-electron chi connectivity index (χ0n) is 11.2. The van der Waals surface area contributed by atoms with Crippen molar-refractivity contribution < 1.29 is 0 Å². The lowest BCUT2D eigenvalue weighted by Crippen LogP contribution is -2.33. The molecule has 1 saturated carbocycles. The first-order valence-corrected chi connectivity index (χ1v) is 7.12. The summed E-state index contributed by atoms with van der Waals surface area (Å²) in [5.41, 5.74) is 0. The zero-order valence-corrected chi connectivity index (χ0v) is 11.2. The summed E-state index contributed by atoms with van der Waals surface area (Å²) >= 11 is 0. The highest BCUT2D eigenvalue weighted by Crippen LogP contribution is 2.23. The molecule has 0 spiro atoms. The van der Waals surface area contributed by atoms with Crippen LogP contribution < -0.4 is 5.32 Å². The van der Waals surface area contributed by atoms with Gasteiger partial charge in [-0.15, -0.1) is 0 Å². The summed E-state index contributed by atoms with van der Waals surface area (Å²) in [5, 5.41) is 3.67. The molecule has 1 saturated heterocycles. The lowest BCUT2D eigenvalue weighted by molar-refractivity contribution is 0.220. The first-order chi connectivity index (χ1) is 7.65. The predicted molar refractivity (Wildman–Crippen MR) is 69.6 cm³/mol. The molecule has 1 N–H and O–H groups in total. The molecular formula is C14H28N2. The standard InChI is InChI=1S/C14H28N2/c1-11(2)8-12(3)16-7-6-13(10-16)9-15-14-4-5-14/h11-15H,4-10H2,1-3H3. The van der Waals surface area contributed by atoms with E-state index in [0.717, 1.165) is 23.9 Å². The van der Waals surface area contributed by atoms with Crippen LogP contribution in [0.15, 0.2) is 0 Å². The Morgan fingerprint density at radius 3 is 2.56 bits per heavy atom. The van der Waals surface area contributed by atoms with Gasteiger partial charge in [-0.25, -0.2) is 0 Å². The summed E-state index contributed by atoms with van der Waals surface area (Å²) in [6.45, 7) is 11.0. The molecule has 16 heavy (non-hydrogen) atoms. The molecular weight excluding hydrogens is 196 g/mol. The van der Waals surface area contributed by atoms with Gasteiger partial charge in [0.2, 0.25) is 0 Å². The molecule has 2 fully saturated rings. The third kappa shape index (κ3) is 3.74. The zero-order chi connectivity index (χ0) is 11.5. The van der Waals surface area contributed by atoms with Gasteiger partial charge in [0.15, 0.2) is 0 Å². The molecule has 0 amide bonds. The van der Waals surface area contributed by atoms with Crippen LogP contribution in [0.25, 0.3) is 0 Å². The van der Waals surface area contributed by atoms with Gasteiger partial charge in [-0.1, -0.05) is 13.8 Å². The Kier molecular flexibility index (Phi) is 4.26. The summed E-state index contributed by atoms with van der Waals surface area (Å²) in [4.78, 5) is 2.69. The Hall–Kier alpha value is -0.0800. The number of nitrogens with one attached hydrogen (secondary N) is 1. The average Bonchev–Trinajstić information content (AvgIpc) is 2.92. The van der Waals surface area contributed by atoms with Gasteiger partial charge in [-0.3, -0.25) is 0 Å². The van der Waals surface area contributed by atoms with Crippen LogP contribution in [0.5, 0.6) is 0 Å². The predicted octanol–water partition coefficient (Wildman–Crippen LogP) is 2.49. The van der Waals surface area contributed by atoms with Crippen LogP contribution in [-0.2, 0) is 0 Å². The van der Waals surface area contributed by atoms with Gasteiger partial charge in [-0.05, 0) is 57.5 Å². The normalized spacial score (nSPS) is 28.9. The van der Waals surface area contributed by atoms with Crippen LogP contribution in [0.3, 0.4) is 0 Å². The first-order valence-electron chi connectivity index (χ1n) is 7.12. The lowest BCUT2D eigenvalue weighted by Gasteiger charge is -2.25. The van der Waals surface area contributed by atoms with Crippen molar-refractivity contribution >= 4 is 0 Å². The number of nitrogens with zero attached hydrogens (tertiary/aromatic N) is 1. The van der Waals surface area contributed by atoms with Crippen LogP contribution in [0, 0.1) is 11.8 Å². The van der Waals surface area contributed by atoms with Crippen LogP contribution in [0.2, 0.25) is 0 Å². The number of hydrogen-bond acceptors (Lipinski definition) is 2. The maximum atomic E-state index is 3.67. The largest absolute Gasteiger partial charge is 0.314 e. The number of rotatable bonds is 6. The quantitative estimate of drug-likeness (QED) is 0.746. The van der Waals surface area contributed by atoms with Crippen molar-refractivity contribution in [3.8, 4) is 0 Å². The molecule has 1 aliphatic carbocycles. The molecule has 94 valence electrons. The molecule has 2 nitrogen and oxygen atoms in total. The minimum Gasteiger partial charge on any atom is -0.314 e. The van der Waals surface area contributed by atoms with Crippen molar-refractivity contribution in [3.63, 3.8) is 0 Å². The Morgan fingerprint density at radius 1 is 1.19 bits per heavy atom. The van der Waals surface area contributed by atoms with E-state index in [4.69, 9.17) is 0 Å². The van der Waals surface area contributed by atoms with Crippen molar-refractivity contribution in [2.75, 3.05) is 19.6 Å². The first kappa shape index (κ1) is 12.4. The molecule has 2 rings (SSSR count). The average molecular weight is 224 g/mol. The smallest absolute Gasteiger partial charge is 0.00694 e. The van der Waals surface area contributed by atoms with Crippen LogP contribution in [0.4, 0.5) is 0 Å². The van der Waals surface area contributed by atoms with Crippen molar-refractivity contribution in [1.29, 1.82) is 0 Å². The van der Waals surface area contributed by atoms with Crippen molar-refractivity contribution in [3.05, 3.63) is 0 Å². The molecule has 2 unspecified atom stereocenters. The van der Waals surface area contributed by atoms with E-state index in [1.807, 2.05) is 0 Å². The van der Waals surface area contributed by atoms with E-state index in [2.05, 4.69) is 31.0 Å². The second kappa shape index (κ2) is 5.50. The van der Waals surface area contributed by atoms with Gasteiger partial charge in [0.05, 0.1) is 0 Å². The van der Waals surface area contributed by atoms with E-state index in [9.17, 15) is 0 Å². The molecule has 1 heterocycles. The fraction of sp³-hybridized carbons (Fsp3) is 1.00. The van der Waals surface area contributed by atoms with Gasteiger partial charge in [0, 0.05) is 18.6 Å². The molecule has 0 aromatic heterocycles. The van der Waals surface area contributed by atoms with Gasteiger partial charge in [0.25, 0.3) is 0 Å². The van der Waals surface area contributed by atoms with Crippen molar-refractivity contribution in [1.82, 2.24) is 10.2 Å². The van der Waals surface area contributed by atoms with Gasteiger partial charge < -0.3 is 10.2 Å². The highest BCUT2D eigenvalue weighted by Gasteiger charge is 2.28. The van der Waals surface area contributed by atoms with Gasteiger partial charge >= 0.3 is 0 Å². The minimum atomic E-state index is 0.783. The van der Waals surface area contributed by atoms with Crippen molar-refractivity contribution in [2.45, 2.75) is 58.5 Å². The molecule has 2 heteroatoms. The summed E-state index contributed by atoms with van der Waals surface area (Å²) < 4.78 is 0. The molecule has 0 aromatic carbocycles. The molecule has 2 atom stereocenters. The molecule has 2 aliphatic rings. The summed E-state index contributed by atoms with van der Waals surface area (Å²) in [6.07, 6.45) is 5.59. The van der Waals surface area contributed by atoms with E-state index in [1.165, 1.54) is 45.3 Å². The maximum absolute atomic E-state index is 3.67. The summed E-state index contributed by atoms with van der Waals surface area (Å²) in [7, 11) is 0. The second-order valence-electron chi connectivity index (χ2n) is 6.31. The molecule has 0 radical (unpaired) electrons. The van der Waals surface area contributed by atoms with Gasteiger partial charge in [-0.2, -0.15) is 0 Å². The van der Waals surface area contributed by atoms with Crippen LogP contribution in [0.1, 0.15) is 46.5 Å². The third-order valence-electron chi connectivity index (χ3n) is 4.03. The highest BCUT2D eigenvalue weighted by molar-refractivity contribution is 4.85. The molecule has 1 aliphatic heterocycles. The monoisotopic (exact) mass is 224 g/mol. The number of likely N-dealkylation sites (tertiary alicyclic amines) is 1. The van der Waals surface area contributed by atoms with Crippen LogP contribution >= 0.6 is 0 Å². The fourth-order valence-electron chi connectivity index (χ4n) is 2.88. The minimum absolute atomic E-state index is 0.783. The Bertz CT molecular complexity index is 211. The van der Waals surface area contributed by atoms with E-state index in [1.54, 1.807) is 0 Å². The highest BCUT2D eigenvalue weighted by atomic mass is 15.2. The topological polar surface area (TPSA) is 15.3 Å². The van der Waals surface area contributed by atoms with E-state index in [0.29, 0.717) is 0 Å². The lowest BCUT2D eigenvalue weighted by atomic mass is 10.0. The van der Waals surface area contributed by atoms with Crippen molar-refractivity contribution in [2.24, 2.45) is 11.8 Å². The molecule has 0 bridgehead atoms. The van der Waals surface area contributed by atoms with Gasteiger partial charge in [0.1, 0.15) is 0 Å². The summed E-state index contributed by atoms with van der Waals surface area (Å²) in [6, 6.07) is 1.66. The van der Waals surface area contributed by atoms with E-state index >= 15 is 0 Å². The number of hydrogen-bond donors (Lipinski definition) is 1. The van der Waals surface area contributed by atoms with Crippen LogP contribution in [-0.4, -0.2) is 36.6 Å². The Labute approximate surface area is 101 Å². The fourth-order valence-corrected chi connectivity index (χ4v) is 2.88.